The second kappa shape index (κ2) is 6.21. The van der Waals surface area contributed by atoms with E-state index >= 15 is 0 Å². The van der Waals surface area contributed by atoms with Crippen LogP contribution in [-0.4, -0.2) is 37.4 Å². The SMILES string of the molecule is CC(C)(C)NCCC(=O)OCC1CCCO1. The molecule has 0 aromatic rings. The predicted octanol–water partition coefficient (Wildman–Crippen LogP) is 1.49. The molecule has 0 saturated carbocycles. The van der Waals surface area contributed by atoms with Crippen LogP contribution < -0.4 is 5.32 Å². The molecule has 0 bridgehead atoms. The van der Waals surface area contributed by atoms with Crippen molar-refractivity contribution >= 4 is 5.97 Å². The lowest BCUT2D eigenvalue weighted by molar-refractivity contribution is -0.146. The van der Waals surface area contributed by atoms with Crippen molar-refractivity contribution in [2.45, 2.75) is 51.7 Å². The molecule has 0 aromatic heterocycles. The van der Waals surface area contributed by atoms with Gasteiger partial charge in [0, 0.05) is 18.7 Å². The smallest absolute Gasteiger partial charge is 0.307 e. The molecule has 1 N–H and O–H groups in total. The molecule has 1 rings (SSSR count). The van der Waals surface area contributed by atoms with Crippen LogP contribution in [0.2, 0.25) is 0 Å². The highest BCUT2D eigenvalue weighted by molar-refractivity contribution is 5.69. The van der Waals surface area contributed by atoms with Gasteiger partial charge in [-0.05, 0) is 33.6 Å². The summed E-state index contributed by atoms with van der Waals surface area (Å²) in [5, 5.41) is 3.25. The van der Waals surface area contributed by atoms with E-state index in [0.29, 0.717) is 19.6 Å². The molecule has 1 unspecified atom stereocenters. The van der Waals surface area contributed by atoms with Crippen LogP contribution >= 0.6 is 0 Å². The number of carbonyl (C=O) groups excluding carboxylic acids is 1. The van der Waals surface area contributed by atoms with E-state index in [4.69, 9.17) is 9.47 Å². The number of esters is 1. The third-order valence-corrected chi connectivity index (χ3v) is 2.44. The van der Waals surface area contributed by atoms with Crippen LogP contribution in [0.15, 0.2) is 0 Å². The molecule has 16 heavy (non-hydrogen) atoms. The predicted molar refractivity (Wildman–Crippen MR) is 62.3 cm³/mol. The fraction of sp³-hybridized carbons (Fsp3) is 0.917. The van der Waals surface area contributed by atoms with Gasteiger partial charge in [0.25, 0.3) is 0 Å². The summed E-state index contributed by atoms with van der Waals surface area (Å²) in [5.74, 6) is -0.146. The maximum absolute atomic E-state index is 11.4. The van der Waals surface area contributed by atoms with Crippen LogP contribution in [0, 0.1) is 0 Å². The Bertz CT molecular complexity index is 217. The zero-order valence-corrected chi connectivity index (χ0v) is 10.5. The summed E-state index contributed by atoms with van der Waals surface area (Å²) in [6.07, 6.45) is 2.63. The molecule has 1 fully saturated rings. The Morgan fingerprint density at radius 3 is 2.81 bits per heavy atom. The number of hydrogen-bond donors (Lipinski definition) is 1. The van der Waals surface area contributed by atoms with Gasteiger partial charge in [0.1, 0.15) is 6.61 Å². The molecule has 0 amide bonds. The van der Waals surface area contributed by atoms with Crippen LogP contribution in [0.5, 0.6) is 0 Å². The molecule has 1 aliphatic heterocycles. The second-order valence-electron chi connectivity index (χ2n) is 5.24. The summed E-state index contributed by atoms with van der Waals surface area (Å²) in [6, 6.07) is 0. The van der Waals surface area contributed by atoms with Crippen LogP contribution in [0.4, 0.5) is 0 Å². The van der Waals surface area contributed by atoms with Crippen LogP contribution in [0.1, 0.15) is 40.0 Å². The minimum atomic E-state index is -0.146. The Kier molecular flexibility index (Phi) is 5.22. The van der Waals surface area contributed by atoms with Crippen LogP contribution in [0.25, 0.3) is 0 Å². The van der Waals surface area contributed by atoms with Gasteiger partial charge in [-0.15, -0.1) is 0 Å². The van der Waals surface area contributed by atoms with Crippen molar-refractivity contribution in [1.82, 2.24) is 5.32 Å². The normalized spacial score (nSPS) is 21.1. The average Bonchev–Trinajstić information content (AvgIpc) is 2.65. The number of hydrogen-bond acceptors (Lipinski definition) is 4. The van der Waals surface area contributed by atoms with E-state index in [1.54, 1.807) is 0 Å². The first kappa shape index (κ1) is 13.5. The van der Waals surface area contributed by atoms with Crippen molar-refractivity contribution in [1.29, 1.82) is 0 Å². The van der Waals surface area contributed by atoms with E-state index in [1.165, 1.54) is 0 Å². The minimum Gasteiger partial charge on any atom is -0.463 e. The Hall–Kier alpha value is -0.610. The van der Waals surface area contributed by atoms with Gasteiger partial charge in [-0.3, -0.25) is 4.79 Å². The standard InChI is InChI=1S/C12H23NO3/c1-12(2,3)13-7-6-11(14)16-9-10-5-4-8-15-10/h10,13H,4-9H2,1-3H3. The van der Waals surface area contributed by atoms with Gasteiger partial charge in [0.15, 0.2) is 0 Å². The molecular formula is C12H23NO3. The van der Waals surface area contributed by atoms with Crippen molar-refractivity contribution in [2.75, 3.05) is 19.8 Å². The lowest BCUT2D eigenvalue weighted by Crippen LogP contribution is -2.37. The maximum Gasteiger partial charge on any atom is 0.307 e. The van der Waals surface area contributed by atoms with Crippen molar-refractivity contribution in [3.05, 3.63) is 0 Å². The quantitative estimate of drug-likeness (QED) is 0.726. The summed E-state index contributed by atoms with van der Waals surface area (Å²) < 4.78 is 10.5. The Balaban J connectivity index is 2.02. The fourth-order valence-electron chi connectivity index (χ4n) is 1.57. The molecular weight excluding hydrogens is 206 g/mol. The zero-order chi connectivity index (χ0) is 12.0. The Labute approximate surface area is 97.7 Å². The first-order valence-electron chi connectivity index (χ1n) is 5.99. The van der Waals surface area contributed by atoms with Gasteiger partial charge >= 0.3 is 5.97 Å². The van der Waals surface area contributed by atoms with Gasteiger partial charge in [0.2, 0.25) is 0 Å². The lowest BCUT2D eigenvalue weighted by atomic mass is 10.1. The van der Waals surface area contributed by atoms with Gasteiger partial charge in [-0.1, -0.05) is 0 Å². The summed E-state index contributed by atoms with van der Waals surface area (Å²) >= 11 is 0. The topological polar surface area (TPSA) is 47.6 Å². The van der Waals surface area contributed by atoms with Gasteiger partial charge in [0.05, 0.1) is 12.5 Å². The van der Waals surface area contributed by atoms with Crippen molar-refractivity contribution in [3.8, 4) is 0 Å². The van der Waals surface area contributed by atoms with Gasteiger partial charge < -0.3 is 14.8 Å². The van der Waals surface area contributed by atoms with Crippen LogP contribution in [0.3, 0.4) is 0 Å². The molecule has 94 valence electrons. The van der Waals surface area contributed by atoms with Crippen molar-refractivity contribution < 1.29 is 14.3 Å². The summed E-state index contributed by atoms with van der Waals surface area (Å²) in [6.45, 7) is 8.09. The molecule has 4 nitrogen and oxygen atoms in total. The number of nitrogens with one attached hydrogen (secondary N) is 1. The fourth-order valence-corrected chi connectivity index (χ4v) is 1.57. The van der Waals surface area contributed by atoms with Crippen molar-refractivity contribution in [3.63, 3.8) is 0 Å². The van der Waals surface area contributed by atoms with E-state index in [1.807, 2.05) is 0 Å². The average molecular weight is 229 g/mol. The van der Waals surface area contributed by atoms with E-state index < -0.39 is 0 Å². The molecule has 0 spiro atoms. The van der Waals surface area contributed by atoms with E-state index in [2.05, 4.69) is 26.1 Å². The molecule has 1 heterocycles. The van der Waals surface area contributed by atoms with Gasteiger partial charge in [-0.2, -0.15) is 0 Å². The van der Waals surface area contributed by atoms with Crippen LogP contribution in [-0.2, 0) is 14.3 Å². The minimum absolute atomic E-state index is 0.0504. The molecule has 4 heteroatoms. The summed E-state index contributed by atoms with van der Waals surface area (Å²) in [5.41, 5.74) is 0.0504. The molecule has 0 aliphatic carbocycles. The van der Waals surface area contributed by atoms with E-state index in [-0.39, 0.29) is 17.6 Å². The van der Waals surface area contributed by atoms with E-state index in [9.17, 15) is 4.79 Å². The monoisotopic (exact) mass is 229 g/mol. The van der Waals surface area contributed by atoms with E-state index in [0.717, 1.165) is 19.4 Å². The third kappa shape index (κ3) is 6.08. The van der Waals surface area contributed by atoms with Gasteiger partial charge in [-0.25, -0.2) is 0 Å². The number of ether oxygens (including phenoxy) is 2. The molecule has 1 atom stereocenters. The number of rotatable bonds is 5. The molecule has 1 aliphatic rings. The highest BCUT2D eigenvalue weighted by Crippen LogP contribution is 2.12. The largest absolute Gasteiger partial charge is 0.463 e. The first-order chi connectivity index (χ1) is 7.47. The highest BCUT2D eigenvalue weighted by atomic mass is 16.6. The first-order valence-corrected chi connectivity index (χ1v) is 5.99. The number of carbonyl (C=O) groups is 1. The lowest BCUT2D eigenvalue weighted by Gasteiger charge is -2.20. The zero-order valence-electron chi connectivity index (χ0n) is 10.5. The Morgan fingerprint density at radius 2 is 2.25 bits per heavy atom. The maximum atomic E-state index is 11.4. The molecule has 0 radical (unpaired) electrons. The highest BCUT2D eigenvalue weighted by Gasteiger charge is 2.17. The molecule has 0 aromatic carbocycles. The third-order valence-electron chi connectivity index (χ3n) is 2.44. The Morgan fingerprint density at radius 1 is 1.50 bits per heavy atom. The second-order valence-corrected chi connectivity index (χ2v) is 5.24. The molecule has 1 saturated heterocycles. The summed E-state index contributed by atoms with van der Waals surface area (Å²) in [4.78, 5) is 11.4. The summed E-state index contributed by atoms with van der Waals surface area (Å²) in [7, 11) is 0. The van der Waals surface area contributed by atoms with Crippen molar-refractivity contribution in [2.24, 2.45) is 0 Å².